The summed E-state index contributed by atoms with van der Waals surface area (Å²) in [6.07, 6.45) is 3.48. The molecule has 0 radical (unpaired) electrons. The Labute approximate surface area is 82.8 Å². The van der Waals surface area contributed by atoms with Crippen LogP contribution in [0.4, 0.5) is 0 Å². The fraction of sp³-hybridized carbons (Fsp3) is 0.750. The molecule has 6 nitrogen and oxygen atoms in total. The number of hydrogen-bond donors (Lipinski definition) is 4. The third kappa shape index (κ3) is 7.51. The maximum absolute atomic E-state index is 10.3. The first-order chi connectivity index (χ1) is 6.68. The average Bonchev–Trinajstić information content (AvgIpc) is 2.16. The van der Waals surface area contributed by atoms with Gasteiger partial charge in [-0.1, -0.05) is 6.42 Å². The molecule has 0 saturated heterocycles. The zero-order valence-corrected chi connectivity index (χ0v) is 8.02. The molecule has 0 spiro atoms. The molecule has 0 saturated carbocycles. The lowest BCUT2D eigenvalue weighted by atomic mass is 10.1. The number of nitrogens with one attached hydrogen (secondary N) is 1. The molecule has 82 valence electrons. The van der Waals surface area contributed by atoms with Crippen LogP contribution in [0.3, 0.4) is 0 Å². The number of nitrogens with zero attached hydrogens (tertiary/aromatic N) is 1. The van der Waals surface area contributed by atoms with Crippen LogP contribution in [0, 0.1) is 0 Å². The molecule has 0 aromatic rings. The first kappa shape index (κ1) is 12.9. The van der Waals surface area contributed by atoms with Crippen molar-refractivity contribution in [3.05, 3.63) is 0 Å². The molecule has 0 aliphatic carbocycles. The molecular formula is C8H17N3O3. The Kier molecular flexibility index (Phi) is 7.77. The summed E-state index contributed by atoms with van der Waals surface area (Å²) < 4.78 is 0. The molecule has 14 heavy (non-hydrogen) atoms. The second kappa shape index (κ2) is 8.46. The van der Waals surface area contributed by atoms with Crippen molar-refractivity contribution in [2.45, 2.75) is 25.3 Å². The Hall–Kier alpha value is -1.14. The van der Waals surface area contributed by atoms with Crippen LogP contribution in [0.2, 0.25) is 0 Å². The monoisotopic (exact) mass is 203 g/mol. The lowest BCUT2D eigenvalue weighted by molar-refractivity contribution is -0.138. The quantitative estimate of drug-likeness (QED) is 0.186. The van der Waals surface area contributed by atoms with Gasteiger partial charge in [0.05, 0.1) is 6.21 Å². The van der Waals surface area contributed by atoms with Gasteiger partial charge in [0.2, 0.25) is 0 Å². The second-order valence-electron chi connectivity index (χ2n) is 2.94. The van der Waals surface area contributed by atoms with Gasteiger partial charge in [0.25, 0.3) is 0 Å². The van der Waals surface area contributed by atoms with Crippen molar-refractivity contribution in [1.82, 2.24) is 5.32 Å². The number of unbranched alkanes of at least 4 members (excludes halogenated alkanes) is 1. The van der Waals surface area contributed by atoms with Crippen molar-refractivity contribution in [2.24, 2.45) is 10.9 Å². The number of hydrogen-bond acceptors (Lipinski definition) is 5. The number of carboxylic acids is 1. The van der Waals surface area contributed by atoms with Crippen LogP contribution in [0.1, 0.15) is 19.3 Å². The van der Waals surface area contributed by atoms with Gasteiger partial charge in [-0.3, -0.25) is 4.79 Å². The van der Waals surface area contributed by atoms with E-state index in [1.807, 2.05) is 0 Å². The Bertz CT molecular complexity index is 185. The summed E-state index contributed by atoms with van der Waals surface area (Å²) in [5.74, 6) is -0.953. The van der Waals surface area contributed by atoms with Gasteiger partial charge in [0, 0.05) is 6.54 Å². The topological polar surface area (TPSA) is 108 Å². The van der Waals surface area contributed by atoms with Gasteiger partial charge >= 0.3 is 5.97 Å². The van der Waals surface area contributed by atoms with E-state index in [9.17, 15) is 4.79 Å². The highest BCUT2D eigenvalue weighted by atomic mass is 16.4. The normalized spacial score (nSPS) is 13.2. The molecule has 0 bridgehead atoms. The van der Waals surface area contributed by atoms with Gasteiger partial charge in [-0.15, -0.1) is 5.16 Å². The Balaban J connectivity index is 3.17. The van der Waals surface area contributed by atoms with E-state index in [0.717, 1.165) is 19.4 Å². The minimum atomic E-state index is -0.953. The fourth-order valence-corrected chi connectivity index (χ4v) is 0.945. The number of rotatable bonds is 8. The lowest BCUT2D eigenvalue weighted by Crippen LogP contribution is -2.30. The molecule has 0 aromatic carbocycles. The van der Waals surface area contributed by atoms with Crippen molar-refractivity contribution in [3.8, 4) is 0 Å². The van der Waals surface area contributed by atoms with E-state index >= 15 is 0 Å². The summed E-state index contributed by atoms with van der Waals surface area (Å²) in [7, 11) is 0. The maximum Gasteiger partial charge on any atom is 0.320 e. The van der Waals surface area contributed by atoms with E-state index in [1.165, 1.54) is 6.21 Å². The van der Waals surface area contributed by atoms with E-state index < -0.39 is 12.0 Å². The predicted octanol–water partition coefficient (Wildman–Crippen LogP) is -0.382. The summed E-state index contributed by atoms with van der Waals surface area (Å²) in [4.78, 5) is 10.3. The smallest absolute Gasteiger partial charge is 0.320 e. The largest absolute Gasteiger partial charge is 0.480 e. The van der Waals surface area contributed by atoms with E-state index in [0.29, 0.717) is 13.0 Å². The second-order valence-corrected chi connectivity index (χ2v) is 2.94. The molecule has 0 aromatic heterocycles. The highest BCUT2D eigenvalue weighted by Gasteiger charge is 2.09. The minimum Gasteiger partial charge on any atom is -0.480 e. The van der Waals surface area contributed by atoms with Gasteiger partial charge in [-0.25, -0.2) is 0 Å². The molecule has 0 aliphatic rings. The molecule has 0 rings (SSSR count). The molecule has 0 unspecified atom stereocenters. The summed E-state index contributed by atoms with van der Waals surface area (Å²) in [6.45, 7) is 1.28. The van der Waals surface area contributed by atoms with E-state index in [2.05, 4.69) is 10.5 Å². The van der Waals surface area contributed by atoms with Crippen molar-refractivity contribution in [1.29, 1.82) is 0 Å². The molecule has 0 aliphatic heterocycles. The minimum absolute atomic E-state index is 0.491. The molecule has 0 amide bonds. The van der Waals surface area contributed by atoms with Crippen LogP contribution >= 0.6 is 0 Å². The van der Waals surface area contributed by atoms with Crippen LogP contribution < -0.4 is 11.1 Å². The van der Waals surface area contributed by atoms with E-state index in [1.54, 1.807) is 0 Å². The summed E-state index contributed by atoms with van der Waals surface area (Å²) in [5, 5.41) is 22.3. The molecular weight excluding hydrogens is 186 g/mol. The van der Waals surface area contributed by atoms with Crippen molar-refractivity contribution in [3.63, 3.8) is 0 Å². The standard InChI is InChI=1S/C8H17N3O3/c9-7(8(12)13)3-1-2-4-10-5-6-11-14/h6-7,10,14H,1-5,9H2,(H,12,13)/t7-/m0/s1. The first-order valence-corrected chi connectivity index (χ1v) is 4.53. The van der Waals surface area contributed by atoms with Crippen LogP contribution in [-0.4, -0.2) is 41.6 Å². The van der Waals surface area contributed by atoms with Crippen LogP contribution in [0.15, 0.2) is 5.16 Å². The van der Waals surface area contributed by atoms with E-state index in [-0.39, 0.29) is 0 Å². The van der Waals surface area contributed by atoms with Crippen LogP contribution in [0.25, 0.3) is 0 Å². The van der Waals surface area contributed by atoms with Crippen molar-refractivity contribution in [2.75, 3.05) is 13.1 Å². The highest BCUT2D eigenvalue weighted by molar-refractivity contribution is 5.72. The lowest BCUT2D eigenvalue weighted by Gasteiger charge is -2.05. The van der Waals surface area contributed by atoms with Gasteiger partial charge in [-0.2, -0.15) is 0 Å². The number of aliphatic carboxylic acids is 1. The fourth-order valence-electron chi connectivity index (χ4n) is 0.945. The van der Waals surface area contributed by atoms with Crippen LogP contribution in [0.5, 0.6) is 0 Å². The number of carboxylic acid groups (broad SMARTS) is 1. The summed E-state index contributed by atoms with van der Waals surface area (Å²) in [6, 6.07) is -0.756. The van der Waals surface area contributed by atoms with E-state index in [4.69, 9.17) is 16.0 Å². The average molecular weight is 203 g/mol. The van der Waals surface area contributed by atoms with Gasteiger partial charge in [-0.05, 0) is 19.4 Å². The SMILES string of the molecule is N[C@@H](CCCCNCC=NO)C(=O)O. The Morgan fingerprint density at radius 1 is 1.57 bits per heavy atom. The summed E-state index contributed by atoms with van der Waals surface area (Å²) >= 11 is 0. The molecule has 0 fully saturated rings. The zero-order valence-electron chi connectivity index (χ0n) is 8.02. The number of nitrogens with two attached hydrogens (primary N) is 1. The van der Waals surface area contributed by atoms with Gasteiger partial charge < -0.3 is 21.4 Å². The molecule has 6 heteroatoms. The Morgan fingerprint density at radius 3 is 2.86 bits per heavy atom. The molecule has 1 atom stereocenters. The summed E-state index contributed by atoms with van der Waals surface area (Å²) in [5.41, 5.74) is 5.30. The van der Waals surface area contributed by atoms with Crippen molar-refractivity contribution >= 4 is 12.2 Å². The zero-order chi connectivity index (χ0) is 10.8. The van der Waals surface area contributed by atoms with Crippen molar-refractivity contribution < 1.29 is 15.1 Å². The number of carbonyl (C=O) groups is 1. The third-order valence-electron chi connectivity index (χ3n) is 1.75. The third-order valence-corrected chi connectivity index (χ3v) is 1.75. The highest BCUT2D eigenvalue weighted by Crippen LogP contribution is 1.97. The van der Waals surface area contributed by atoms with Gasteiger partial charge in [0.1, 0.15) is 6.04 Å². The predicted molar refractivity (Wildman–Crippen MR) is 52.6 cm³/mol. The van der Waals surface area contributed by atoms with Gasteiger partial charge in [0.15, 0.2) is 0 Å². The maximum atomic E-state index is 10.3. The van der Waals surface area contributed by atoms with Crippen LogP contribution in [-0.2, 0) is 4.79 Å². The number of oxime groups is 1. The Morgan fingerprint density at radius 2 is 2.29 bits per heavy atom. The first-order valence-electron chi connectivity index (χ1n) is 4.53. The molecule has 5 N–H and O–H groups in total. The molecule has 0 heterocycles.